The summed E-state index contributed by atoms with van der Waals surface area (Å²) in [6.07, 6.45) is -2.24. The van der Waals surface area contributed by atoms with E-state index in [1.807, 2.05) is 13.0 Å². The number of pyridine rings is 1. The van der Waals surface area contributed by atoms with Gasteiger partial charge in [0.25, 0.3) is 12.3 Å². The number of amides is 1. The van der Waals surface area contributed by atoms with Gasteiger partial charge in [0.2, 0.25) is 11.7 Å². The number of benzene rings is 1. The fourth-order valence-corrected chi connectivity index (χ4v) is 3.66. The number of alkyl halides is 3. The summed E-state index contributed by atoms with van der Waals surface area (Å²) in [5, 5.41) is 15.9. The number of ether oxygens (including phenoxy) is 1. The molecule has 2 N–H and O–H groups in total. The van der Waals surface area contributed by atoms with Gasteiger partial charge in [-0.05, 0) is 42.7 Å². The number of imidazole rings is 1. The SMILES string of the molecule is Cc1ccc(-c2noc([C@H]3C[C@@H]3F)n2)cc1NC(=O)c1cnc2cc(COC[C@H](O)C(F)F)ccn12. The molecular formula is C24H22F3N5O4. The van der Waals surface area contributed by atoms with E-state index in [-0.39, 0.29) is 24.1 Å². The molecule has 0 spiro atoms. The van der Waals surface area contributed by atoms with Crippen LogP contribution in [-0.2, 0) is 11.3 Å². The molecule has 1 amide bonds. The van der Waals surface area contributed by atoms with Crippen molar-refractivity contribution in [1.29, 1.82) is 0 Å². The van der Waals surface area contributed by atoms with E-state index in [9.17, 15) is 18.0 Å². The smallest absolute Gasteiger partial charge is 0.274 e. The third-order valence-corrected chi connectivity index (χ3v) is 5.87. The third kappa shape index (κ3) is 4.95. The fourth-order valence-electron chi connectivity index (χ4n) is 3.66. The van der Waals surface area contributed by atoms with Gasteiger partial charge in [-0.3, -0.25) is 9.20 Å². The topological polar surface area (TPSA) is 115 Å². The number of nitrogens with zero attached hydrogens (tertiary/aromatic N) is 4. The third-order valence-electron chi connectivity index (χ3n) is 5.87. The summed E-state index contributed by atoms with van der Waals surface area (Å²) in [7, 11) is 0. The predicted molar refractivity (Wildman–Crippen MR) is 122 cm³/mol. The van der Waals surface area contributed by atoms with Crippen molar-refractivity contribution in [2.75, 3.05) is 11.9 Å². The maximum Gasteiger partial charge on any atom is 0.274 e. The Bertz CT molecular complexity index is 1410. The van der Waals surface area contributed by atoms with Crippen LogP contribution in [-0.4, -0.2) is 55.8 Å². The Morgan fingerprint density at radius 3 is 2.89 bits per heavy atom. The van der Waals surface area contributed by atoms with Crippen LogP contribution in [0.15, 0.2) is 47.2 Å². The Morgan fingerprint density at radius 2 is 2.14 bits per heavy atom. The summed E-state index contributed by atoms with van der Waals surface area (Å²) >= 11 is 0. The number of aliphatic hydroxyl groups excluding tert-OH is 1. The molecule has 3 heterocycles. The van der Waals surface area contributed by atoms with Gasteiger partial charge in [0.1, 0.15) is 23.6 Å². The summed E-state index contributed by atoms with van der Waals surface area (Å²) in [4.78, 5) is 21.6. The molecule has 1 fully saturated rings. The molecule has 188 valence electrons. The fraction of sp³-hybridized carbons (Fsp3) is 0.333. The van der Waals surface area contributed by atoms with E-state index in [2.05, 4.69) is 20.4 Å². The van der Waals surface area contributed by atoms with Crippen LogP contribution in [0.25, 0.3) is 17.0 Å². The van der Waals surface area contributed by atoms with Crippen LogP contribution in [0.1, 0.15) is 39.8 Å². The molecule has 1 aliphatic carbocycles. The van der Waals surface area contributed by atoms with Crippen molar-refractivity contribution in [2.45, 2.75) is 44.6 Å². The Balaban J connectivity index is 1.29. The summed E-state index contributed by atoms with van der Waals surface area (Å²) in [6.45, 7) is 1.35. The summed E-state index contributed by atoms with van der Waals surface area (Å²) in [5.41, 5.74) is 3.35. The number of carbonyl (C=O) groups excluding carboxylic acids is 1. The number of hydrogen-bond donors (Lipinski definition) is 2. The zero-order valence-corrected chi connectivity index (χ0v) is 19.1. The minimum Gasteiger partial charge on any atom is -0.385 e. The number of anilines is 1. The second-order valence-corrected chi connectivity index (χ2v) is 8.62. The van der Waals surface area contributed by atoms with Gasteiger partial charge in [0, 0.05) is 17.4 Å². The molecule has 0 radical (unpaired) electrons. The highest BCUT2D eigenvalue weighted by atomic mass is 19.3. The first-order valence-corrected chi connectivity index (χ1v) is 11.2. The van der Waals surface area contributed by atoms with Gasteiger partial charge >= 0.3 is 0 Å². The first-order valence-electron chi connectivity index (χ1n) is 11.2. The Labute approximate surface area is 202 Å². The molecule has 4 aromatic rings. The standard InChI is InChI=1S/C24H22F3N5O4/c1-12-2-3-14(22-30-24(36-31-22)15-8-16(15)25)7-17(12)29-23(34)18-9-28-20-6-13(4-5-32(18)20)10-35-11-19(33)21(26)27/h2-7,9,15-16,19,21,33H,8,10-11H2,1H3,(H,29,34)/t15-,16-,19-/m0/s1. The molecule has 0 aliphatic heterocycles. The molecule has 1 saturated carbocycles. The van der Waals surface area contributed by atoms with Gasteiger partial charge in [-0.1, -0.05) is 17.3 Å². The van der Waals surface area contributed by atoms with Crippen LogP contribution in [0.3, 0.4) is 0 Å². The lowest BCUT2D eigenvalue weighted by Gasteiger charge is -2.11. The number of aryl methyl sites for hydroxylation is 1. The van der Waals surface area contributed by atoms with Crippen molar-refractivity contribution >= 4 is 17.2 Å². The molecule has 36 heavy (non-hydrogen) atoms. The van der Waals surface area contributed by atoms with Crippen LogP contribution in [0, 0.1) is 6.92 Å². The number of halogens is 3. The minimum atomic E-state index is -2.87. The quantitative estimate of drug-likeness (QED) is 0.357. The lowest BCUT2D eigenvalue weighted by molar-refractivity contribution is -0.0581. The van der Waals surface area contributed by atoms with Crippen LogP contribution < -0.4 is 5.32 Å². The van der Waals surface area contributed by atoms with Gasteiger partial charge < -0.3 is 19.7 Å². The highest BCUT2D eigenvalue weighted by molar-refractivity contribution is 6.04. The number of carbonyl (C=O) groups is 1. The molecule has 0 bridgehead atoms. The molecule has 12 heteroatoms. The summed E-state index contributed by atoms with van der Waals surface area (Å²) < 4.78 is 49.9. The minimum absolute atomic E-state index is 0.00514. The second kappa shape index (κ2) is 9.70. The van der Waals surface area contributed by atoms with Gasteiger partial charge in [-0.25, -0.2) is 18.2 Å². The summed E-state index contributed by atoms with van der Waals surface area (Å²) in [5.74, 6) is -0.171. The van der Waals surface area contributed by atoms with Gasteiger partial charge in [0.05, 0.1) is 25.3 Å². The number of aromatic nitrogens is 4. The highest BCUT2D eigenvalue weighted by Crippen LogP contribution is 2.43. The average molecular weight is 501 g/mol. The van der Waals surface area contributed by atoms with Crippen molar-refractivity contribution in [3.8, 4) is 11.4 Å². The monoisotopic (exact) mass is 501 g/mol. The number of nitrogens with one attached hydrogen (secondary N) is 1. The largest absolute Gasteiger partial charge is 0.385 e. The van der Waals surface area contributed by atoms with Crippen molar-refractivity contribution in [3.63, 3.8) is 0 Å². The molecule has 1 aliphatic rings. The lowest BCUT2D eigenvalue weighted by atomic mass is 10.1. The van der Waals surface area contributed by atoms with Gasteiger partial charge in [0.15, 0.2) is 0 Å². The Morgan fingerprint density at radius 1 is 1.33 bits per heavy atom. The molecule has 0 unspecified atom stereocenters. The van der Waals surface area contributed by atoms with Crippen molar-refractivity contribution in [3.05, 3.63) is 65.4 Å². The van der Waals surface area contributed by atoms with E-state index in [4.69, 9.17) is 14.4 Å². The average Bonchev–Trinajstić information content (AvgIpc) is 3.23. The maximum atomic E-state index is 13.3. The molecule has 3 aromatic heterocycles. The maximum absolute atomic E-state index is 13.3. The normalized spacial score (nSPS) is 18.1. The van der Waals surface area contributed by atoms with Crippen LogP contribution in [0.2, 0.25) is 0 Å². The van der Waals surface area contributed by atoms with E-state index in [1.165, 1.54) is 6.20 Å². The van der Waals surface area contributed by atoms with Gasteiger partial charge in [-0.2, -0.15) is 4.98 Å². The second-order valence-electron chi connectivity index (χ2n) is 8.62. The van der Waals surface area contributed by atoms with Crippen molar-refractivity contribution < 1.29 is 32.3 Å². The van der Waals surface area contributed by atoms with Crippen LogP contribution >= 0.6 is 0 Å². The molecule has 5 rings (SSSR count). The van der Waals surface area contributed by atoms with E-state index in [0.29, 0.717) is 34.7 Å². The number of fused-ring (bicyclic) bond motifs is 1. The first-order chi connectivity index (χ1) is 17.3. The summed E-state index contributed by atoms with van der Waals surface area (Å²) in [6, 6.07) is 8.64. The molecule has 3 atom stereocenters. The first kappa shape index (κ1) is 23.9. The van der Waals surface area contributed by atoms with Crippen LogP contribution in [0.5, 0.6) is 0 Å². The molecule has 9 nitrogen and oxygen atoms in total. The zero-order chi connectivity index (χ0) is 25.4. The van der Waals surface area contributed by atoms with Gasteiger partial charge in [-0.15, -0.1) is 0 Å². The van der Waals surface area contributed by atoms with E-state index in [0.717, 1.165) is 5.56 Å². The zero-order valence-electron chi connectivity index (χ0n) is 19.1. The molecule has 0 saturated heterocycles. The predicted octanol–water partition coefficient (Wildman–Crippen LogP) is 3.91. The highest BCUT2D eigenvalue weighted by Gasteiger charge is 2.43. The molecule has 1 aromatic carbocycles. The van der Waals surface area contributed by atoms with E-state index < -0.39 is 31.2 Å². The Kier molecular flexibility index (Phi) is 6.46. The van der Waals surface area contributed by atoms with E-state index >= 15 is 0 Å². The number of rotatable bonds is 9. The number of aliphatic hydroxyl groups is 1. The van der Waals surface area contributed by atoms with E-state index in [1.54, 1.807) is 34.9 Å². The lowest BCUT2D eigenvalue weighted by Crippen LogP contribution is -2.23. The Hall–Kier alpha value is -3.77. The van der Waals surface area contributed by atoms with Crippen molar-refractivity contribution in [2.24, 2.45) is 0 Å². The van der Waals surface area contributed by atoms with Crippen LogP contribution in [0.4, 0.5) is 18.9 Å². The number of hydrogen-bond acceptors (Lipinski definition) is 7. The molecular weight excluding hydrogens is 479 g/mol. The van der Waals surface area contributed by atoms with Crippen molar-refractivity contribution in [1.82, 2.24) is 19.5 Å².